The topological polar surface area (TPSA) is 72.6 Å². The summed E-state index contributed by atoms with van der Waals surface area (Å²) in [4.78, 5) is 0.206. The van der Waals surface area contributed by atoms with Crippen LogP contribution in [0, 0.1) is 13.8 Å². The Hall–Kier alpha value is -1.11. The summed E-state index contributed by atoms with van der Waals surface area (Å²) >= 11 is 0. The third-order valence-electron chi connectivity index (χ3n) is 3.43. The minimum absolute atomic E-state index is 0.206. The predicted octanol–water partition coefficient (Wildman–Crippen LogP) is 1.30. The molecule has 19 heavy (non-hydrogen) atoms. The van der Waals surface area contributed by atoms with E-state index in [0.29, 0.717) is 38.4 Å². The molecular formula is C13H20N2O3S. The van der Waals surface area contributed by atoms with E-state index in [0.717, 1.165) is 11.1 Å². The minimum atomic E-state index is -3.53. The molecule has 2 rings (SSSR count). The molecule has 1 aromatic carbocycles. The normalized spacial score (nSPS) is 18.2. The Bertz CT molecular complexity index is 561. The molecule has 0 aliphatic carbocycles. The second kappa shape index (κ2) is 5.48. The number of anilines is 1. The molecule has 106 valence electrons. The van der Waals surface area contributed by atoms with Gasteiger partial charge in [0.1, 0.15) is 4.90 Å². The second-order valence-electron chi connectivity index (χ2n) is 4.84. The maximum atomic E-state index is 12.6. The Balaban J connectivity index is 2.41. The van der Waals surface area contributed by atoms with Crippen LogP contribution >= 0.6 is 0 Å². The van der Waals surface area contributed by atoms with Crippen molar-refractivity contribution in [3.8, 4) is 0 Å². The summed E-state index contributed by atoms with van der Waals surface area (Å²) in [5, 5.41) is 0. The Kier molecular flexibility index (Phi) is 4.13. The number of sulfonamides is 1. The Labute approximate surface area is 114 Å². The zero-order valence-electron chi connectivity index (χ0n) is 11.3. The van der Waals surface area contributed by atoms with Crippen LogP contribution in [0.15, 0.2) is 17.0 Å². The second-order valence-corrected chi connectivity index (χ2v) is 6.75. The molecule has 1 aliphatic heterocycles. The maximum absolute atomic E-state index is 12.6. The van der Waals surface area contributed by atoms with Gasteiger partial charge in [-0.25, -0.2) is 8.42 Å². The third kappa shape index (κ3) is 2.91. The molecule has 1 fully saturated rings. The van der Waals surface area contributed by atoms with E-state index >= 15 is 0 Å². The fraction of sp³-hybridized carbons (Fsp3) is 0.538. The Morgan fingerprint density at radius 2 is 1.84 bits per heavy atom. The molecule has 5 nitrogen and oxygen atoms in total. The van der Waals surface area contributed by atoms with Crippen LogP contribution in [-0.4, -0.2) is 39.0 Å². The van der Waals surface area contributed by atoms with Crippen LogP contribution in [0.4, 0.5) is 5.69 Å². The molecule has 0 aromatic heterocycles. The van der Waals surface area contributed by atoms with E-state index < -0.39 is 10.0 Å². The molecule has 0 unspecified atom stereocenters. The van der Waals surface area contributed by atoms with Gasteiger partial charge in [-0.3, -0.25) is 0 Å². The van der Waals surface area contributed by atoms with Gasteiger partial charge < -0.3 is 10.5 Å². The molecule has 1 aromatic rings. The number of nitrogen functional groups attached to an aromatic ring is 1. The van der Waals surface area contributed by atoms with Gasteiger partial charge in [-0.15, -0.1) is 0 Å². The summed E-state index contributed by atoms with van der Waals surface area (Å²) < 4.78 is 32.0. The van der Waals surface area contributed by atoms with Crippen LogP contribution < -0.4 is 5.73 Å². The molecule has 1 saturated heterocycles. The molecular weight excluding hydrogens is 264 g/mol. The standard InChI is InChI=1S/C13H20N2O3S/c1-10-8-12(14)13(9-11(10)2)19(16,17)15-4-3-6-18-7-5-15/h8-9H,3-7,14H2,1-2H3. The molecule has 1 aliphatic rings. The molecule has 1 heterocycles. The zero-order chi connectivity index (χ0) is 14.0. The van der Waals surface area contributed by atoms with Crippen molar-refractivity contribution < 1.29 is 13.2 Å². The van der Waals surface area contributed by atoms with E-state index in [1.807, 2.05) is 13.8 Å². The quantitative estimate of drug-likeness (QED) is 0.831. The number of ether oxygens (including phenoxy) is 1. The molecule has 0 amide bonds. The van der Waals surface area contributed by atoms with E-state index in [4.69, 9.17) is 10.5 Å². The Morgan fingerprint density at radius 1 is 1.16 bits per heavy atom. The van der Waals surface area contributed by atoms with Gasteiger partial charge >= 0.3 is 0 Å². The number of rotatable bonds is 2. The minimum Gasteiger partial charge on any atom is -0.398 e. The van der Waals surface area contributed by atoms with Crippen LogP contribution in [-0.2, 0) is 14.8 Å². The van der Waals surface area contributed by atoms with Gasteiger partial charge in [0.25, 0.3) is 0 Å². The van der Waals surface area contributed by atoms with Gasteiger partial charge in [-0.1, -0.05) is 0 Å². The van der Waals surface area contributed by atoms with Crippen LogP contribution in [0.5, 0.6) is 0 Å². The lowest BCUT2D eigenvalue weighted by molar-refractivity contribution is 0.148. The molecule has 2 N–H and O–H groups in total. The number of nitrogens with two attached hydrogens (primary N) is 1. The van der Waals surface area contributed by atoms with Gasteiger partial charge in [0.15, 0.2) is 0 Å². The summed E-state index contributed by atoms with van der Waals surface area (Å²) in [6, 6.07) is 3.38. The predicted molar refractivity (Wildman–Crippen MR) is 74.5 cm³/mol. The number of benzene rings is 1. The Morgan fingerprint density at radius 3 is 2.58 bits per heavy atom. The van der Waals surface area contributed by atoms with Crippen molar-refractivity contribution in [2.45, 2.75) is 25.2 Å². The first-order chi connectivity index (χ1) is 8.93. The van der Waals surface area contributed by atoms with E-state index in [2.05, 4.69) is 0 Å². The van der Waals surface area contributed by atoms with Gasteiger partial charge in [-0.05, 0) is 43.5 Å². The zero-order valence-corrected chi connectivity index (χ0v) is 12.2. The molecule has 0 atom stereocenters. The lowest BCUT2D eigenvalue weighted by Crippen LogP contribution is -2.33. The maximum Gasteiger partial charge on any atom is 0.245 e. The highest BCUT2D eigenvalue weighted by Gasteiger charge is 2.27. The van der Waals surface area contributed by atoms with Gasteiger partial charge in [0, 0.05) is 19.7 Å². The largest absolute Gasteiger partial charge is 0.398 e. The number of hydrogen-bond donors (Lipinski definition) is 1. The molecule has 0 radical (unpaired) electrons. The SMILES string of the molecule is Cc1cc(N)c(S(=O)(=O)N2CCCOCC2)cc1C. The molecule has 0 spiro atoms. The fourth-order valence-corrected chi connectivity index (χ4v) is 3.78. The smallest absolute Gasteiger partial charge is 0.245 e. The van der Waals surface area contributed by atoms with E-state index in [-0.39, 0.29) is 4.90 Å². The lowest BCUT2D eigenvalue weighted by Gasteiger charge is -2.21. The first kappa shape index (κ1) is 14.3. The van der Waals surface area contributed by atoms with Crippen LogP contribution in [0.25, 0.3) is 0 Å². The van der Waals surface area contributed by atoms with Crippen molar-refractivity contribution >= 4 is 15.7 Å². The van der Waals surface area contributed by atoms with Gasteiger partial charge in [0.2, 0.25) is 10.0 Å². The summed E-state index contributed by atoms with van der Waals surface area (Å²) in [5.41, 5.74) is 8.12. The summed E-state index contributed by atoms with van der Waals surface area (Å²) in [7, 11) is -3.53. The average molecular weight is 284 g/mol. The van der Waals surface area contributed by atoms with E-state index in [9.17, 15) is 8.42 Å². The third-order valence-corrected chi connectivity index (χ3v) is 5.38. The van der Waals surface area contributed by atoms with Crippen molar-refractivity contribution in [1.29, 1.82) is 0 Å². The van der Waals surface area contributed by atoms with Crippen molar-refractivity contribution in [3.63, 3.8) is 0 Å². The lowest BCUT2D eigenvalue weighted by atomic mass is 10.1. The monoisotopic (exact) mass is 284 g/mol. The molecule has 6 heteroatoms. The number of nitrogens with zero attached hydrogens (tertiary/aromatic N) is 1. The van der Waals surface area contributed by atoms with E-state index in [1.54, 1.807) is 12.1 Å². The first-order valence-electron chi connectivity index (χ1n) is 6.37. The summed E-state index contributed by atoms with van der Waals surface area (Å²) in [6.07, 6.45) is 0.712. The average Bonchev–Trinajstić information content (AvgIpc) is 2.62. The summed E-state index contributed by atoms with van der Waals surface area (Å²) in [5.74, 6) is 0. The van der Waals surface area contributed by atoms with Crippen LogP contribution in [0.3, 0.4) is 0 Å². The first-order valence-corrected chi connectivity index (χ1v) is 7.81. The van der Waals surface area contributed by atoms with Crippen molar-refractivity contribution in [3.05, 3.63) is 23.3 Å². The van der Waals surface area contributed by atoms with Crippen LogP contribution in [0.2, 0.25) is 0 Å². The highest BCUT2D eigenvalue weighted by atomic mass is 32.2. The fourth-order valence-electron chi connectivity index (χ4n) is 2.14. The van der Waals surface area contributed by atoms with Crippen LogP contribution in [0.1, 0.15) is 17.5 Å². The van der Waals surface area contributed by atoms with Crippen molar-refractivity contribution in [2.24, 2.45) is 0 Å². The highest BCUT2D eigenvalue weighted by Crippen LogP contribution is 2.26. The van der Waals surface area contributed by atoms with Gasteiger partial charge in [0.05, 0.1) is 12.3 Å². The summed E-state index contributed by atoms with van der Waals surface area (Å²) in [6.45, 7) is 5.71. The molecule has 0 bridgehead atoms. The number of hydrogen-bond acceptors (Lipinski definition) is 4. The number of aryl methyl sites for hydroxylation is 2. The van der Waals surface area contributed by atoms with Crippen molar-refractivity contribution in [2.75, 3.05) is 32.0 Å². The molecule has 0 saturated carbocycles. The van der Waals surface area contributed by atoms with Gasteiger partial charge in [-0.2, -0.15) is 4.31 Å². The highest BCUT2D eigenvalue weighted by molar-refractivity contribution is 7.89. The van der Waals surface area contributed by atoms with Crippen molar-refractivity contribution in [1.82, 2.24) is 4.31 Å². The van der Waals surface area contributed by atoms with E-state index in [1.165, 1.54) is 4.31 Å².